The van der Waals surface area contributed by atoms with E-state index in [4.69, 9.17) is 9.84 Å². The van der Waals surface area contributed by atoms with Gasteiger partial charge in [-0.25, -0.2) is 0 Å². The zero-order valence-corrected chi connectivity index (χ0v) is 10.3. The monoisotopic (exact) mass is 244 g/mol. The molecule has 2 atom stereocenters. The Labute approximate surface area is 101 Å². The van der Waals surface area contributed by atoms with Gasteiger partial charge in [-0.05, 0) is 13.3 Å². The number of ether oxygens (including phenoxy) is 1. The van der Waals surface area contributed by atoms with Crippen LogP contribution in [0.1, 0.15) is 19.8 Å². The number of hydrogen-bond acceptors (Lipinski definition) is 4. The zero-order chi connectivity index (χ0) is 12.8. The van der Waals surface area contributed by atoms with Gasteiger partial charge in [0.15, 0.2) is 0 Å². The summed E-state index contributed by atoms with van der Waals surface area (Å²) in [6.07, 6.45) is 0.642. The molecule has 2 N–H and O–H groups in total. The summed E-state index contributed by atoms with van der Waals surface area (Å²) < 4.78 is 5.00. The molecule has 0 aromatic carbocycles. The minimum absolute atomic E-state index is 0.144. The molecule has 98 valence electrons. The fourth-order valence-corrected chi connectivity index (χ4v) is 2.09. The predicted molar refractivity (Wildman–Crippen MR) is 61.7 cm³/mol. The highest BCUT2D eigenvalue weighted by Gasteiger charge is 2.33. The number of amides is 1. The van der Waals surface area contributed by atoms with Crippen molar-refractivity contribution in [1.29, 1.82) is 0 Å². The SMILES string of the molecule is COCCC(C)N1CCNC(=O)C1CC(=O)O. The van der Waals surface area contributed by atoms with E-state index in [1.807, 2.05) is 11.8 Å². The van der Waals surface area contributed by atoms with Crippen LogP contribution >= 0.6 is 0 Å². The van der Waals surface area contributed by atoms with E-state index in [9.17, 15) is 9.59 Å². The molecule has 1 heterocycles. The average Bonchev–Trinajstić information content (AvgIpc) is 2.28. The Hall–Kier alpha value is -1.14. The fourth-order valence-electron chi connectivity index (χ4n) is 2.09. The van der Waals surface area contributed by atoms with Crippen molar-refractivity contribution in [2.24, 2.45) is 0 Å². The van der Waals surface area contributed by atoms with Crippen molar-refractivity contribution < 1.29 is 19.4 Å². The third-order valence-electron chi connectivity index (χ3n) is 3.05. The van der Waals surface area contributed by atoms with Gasteiger partial charge in [0.05, 0.1) is 12.5 Å². The normalized spacial score (nSPS) is 23.2. The molecule has 2 unspecified atom stereocenters. The van der Waals surface area contributed by atoms with Crippen molar-refractivity contribution in [3.8, 4) is 0 Å². The number of hydrogen-bond donors (Lipinski definition) is 2. The molecule has 0 aromatic heterocycles. The Morgan fingerprint density at radius 1 is 1.71 bits per heavy atom. The van der Waals surface area contributed by atoms with Gasteiger partial charge in [-0.15, -0.1) is 0 Å². The summed E-state index contributed by atoms with van der Waals surface area (Å²) in [5.41, 5.74) is 0. The number of nitrogens with zero attached hydrogens (tertiary/aromatic N) is 1. The van der Waals surface area contributed by atoms with Crippen molar-refractivity contribution in [2.75, 3.05) is 26.8 Å². The molecule has 0 radical (unpaired) electrons. The summed E-state index contributed by atoms with van der Waals surface area (Å²) in [6.45, 7) is 3.87. The Morgan fingerprint density at radius 2 is 2.41 bits per heavy atom. The van der Waals surface area contributed by atoms with Crippen molar-refractivity contribution in [1.82, 2.24) is 10.2 Å². The molecule has 1 fully saturated rings. The first-order valence-electron chi connectivity index (χ1n) is 5.80. The maximum Gasteiger partial charge on any atom is 0.305 e. The quantitative estimate of drug-likeness (QED) is 0.670. The first-order chi connectivity index (χ1) is 8.06. The molecule has 6 nitrogen and oxygen atoms in total. The average molecular weight is 244 g/mol. The molecule has 1 aliphatic rings. The summed E-state index contributed by atoms with van der Waals surface area (Å²) >= 11 is 0. The number of rotatable bonds is 6. The molecule has 1 amide bonds. The highest BCUT2D eigenvalue weighted by molar-refractivity contribution is 5.86. The van der Waals surface area contributed by atoms with E-state index in [1.165, 1.54) is 0 Å². The van der Waals surface area contributed by atoms with E-state index < -0.39 is 12.0 Å². The van der Waals surface area contributed by atoms with Crippen LogP contribution in [0.25, 0.3) is 0 Å². The minimum atomic E-state index is -0.948. The number of methoxy groups -OCH3 is 1. The molecule has 0 aliphatic carbocycles. The molecular weight excluding hydrogens is 224 g/mol. The molecule has 0 saturated carbocycles. The second-order valence-electron chi connectivity index (χ2n) is 4.27. The van der Waals surface area contributed by atoms with Crippen LogP contribution < -0.4 is 5.32 Å². The van der Waals surface area contributed by atoms with Gasteiger partial charge in [-0.1, -0.05) is 0 Å². The maximum atomic E-state index is 11.7. The molecular formula is C11H20N2O4. The van der Waals surface area contributed by atoms with E-state index in [-0.39, 0.29) is 18.4 Å². The van der Waals surface area contributed by atoms with Crippen LogP contribution in [0.5, 0.6) is 0 Å². The van der Waals surface area contributed by atoms with Crippen molar-refractivity contribution >= 4 is 11.9 Å². The van der Waals surface area contributed by atoms with Gasteiger partial charge in [0, 0.05) is 32.8 Å². The second kappa shape index (κ2) is 6.56. The number of carboxylic acids is 1. The van der Waals surface area contributed by atoms with Gasteiger partial charge in [0.25, 0.3) is 0 Å². The summed E-state index contributed by atoms with van der Waals surface area (Å²) in [5.74, 6) is -1.14. The largest absolute Gasteiger partial charge is 0.481 e. The lowest BCUT2D eigenvalue weighted by Gasteiger charge is -2.38. The summed E-state index contributed by atoms with van der Waals surface area (Å²) in [7, 11) is 1.63. The standard InChI is InChI=1S/C11H20N2O4/c1-8(3-6-17-2)13-5-4-12-11(16)9(13)7-10(14)15/h8-9H,3-7H2,1-2H3,(H,12,16)(H,14,15). The van der Waals surface area contributed by atoms with E-state index >= 15 is 0 Å². The minimum Gasteiger partial charge on any atom is -0.481 e. The molecule has 0 spiro atoms. The van der Waals surface area contributed by atoms with Crippen LogP contribution in [-0.2, 0) is 14.3 Å². The fraction of sp³-hybridized carbons (Fsp3) is 0.818. The lowest BCUT2D eigenvalue weighted by Crippen LogP contribution is -2.58. The van der Waals surface area contributed by atoms with Crippen LogP contribution in [0.3, 0.4) is 0 Å². The summed E-state index contributed by atoms with van der Waals surface area (Å²) in [5, 5.41) is 11.5. The molecule has 0 aromatic rings. The highest BCUT2D eigenvalue weighted by atomic mass is 16.5. The predicted octanol–water partition coefficient (Wildman–Crippen LogP) is -0.313. The van der Waals surface area contributed by atoms with Crippen LogP contribution in [-0.4, -0.2) is 60.8 Å². The molecule has 1 rings (SSSR count). The Balaban J connectivity index is 2.64. The first-order valence-corrected chi connectivity index (χ1v) is 5.80. The molecule has 1 saturated heterocycles. The lowest BCUT2D eigenvalue weighted by atomic mass is 10.0. The van der Waals surface area contributed by atoms with Crippen LogP contribution in [0.4, 0.5) is 0 Å². The third kappa shape index (κ3) is 3.98. The van der Waals surface area contributed by atoms with Gasteiger partial charge in [0.1, 0.15) is 0 Å². The van der Waals surface area contributed by atoms with Gasteiger partial charge in [-0.2, -0.15) is 0 Å². The lowest BCUT2D eigenvalue weighted by molar-refractivity contribution is -0.144. The van der Waals surface area contributed by atoms with Crippen molar-refractivity contribution in [2.45, 2.75) is 31.8 Å². The molecule has 17 heavy (non-hydrogen) atoms. The number of carbonyl (C=O) groups excluding carboxylic acids is 1. The Bertz CT molecular complexity index is 283. The van der Waals surface area contributed by atoms with Gasteiger partial charge >= 0.3 is 5.97 Å². The number of piperazine rings is 1. The van der Waals surface area contributed by atoms with Gasteiger partial charge in [0.2, 0.25) is 5.91 Å². The van der Waals surface area contributed by atoms with Crippen LogP contribution in [0.15, 0.2) is 0 Å². The van der Waals surface area contributed by atoms with Gasteiger partial charge in [-0.3, -0.25) is 14.5 Å². The molecule has 0 bridgehead atoms. The van der Waals surface area contributed by atoms with Crippen molar-refractivity contribution in [3.05, 3.63) is 0 Å². The number of carbonyl (C=O) groups is 2. The number of carboxylic acid groups (broad SMARTS) is 1. The molecule has 1 aliphatic heterocycles. The van der Waals surface area contributed by atoms with E-state index in [2.05, 4.69) is 5.32 Å². The Morgan fingerprint density at radius 3 is 3.00 bits per heavy atom. The van der Waals surface area contributed by atoms with Crippen LogP contribution in [0, 0.1) is 0 Å². The smallest absolute Gasteiger partial charge is 0.305 e. The summed E-state index contributed by atoms with van der Waals surface area (Å²) in [4.78, 5) is 24.4. The molecule has 6 heteroatoms. The van der Waals surface area contributed by atoms with E-state index in [1.54, 1.807) is 7.11 Å². The first kappa shape index (κ1) is 13.9. The maximum absolute atomic E-state index is 11.7. The zero-order valence-electron chi connectivity index (χ0n) is 10.3. The third-order valence-corrected chi connectivity index (χ3v) is 3.05. The van der Waals surface area contributed by atoms with Gasteiger partial charge < -0.3 is 15.2 Å². The van der Waals surface area contributed by atoms with Crippen LogP contribution in [0.2, 0.25) is 0 Å². The summed E-state index contributed by atoms with van der Waals surface area (Å²) in [6, 6.07) is -0.418. The number of aliphatic carboxylic acids is 1. The van der Waals surface area contributed by atoms with E-state index in [0.29, 0.717) is 19.7 Å². The highest BCUT2D eigenvalue weighted by Crippen LogP contribution is 2.15. The topological polar surface area (TPSA) is 78.9 Å². The Kier molecular flexibility index (Phi) is 5.37. The number of nitrogens with one attached hydrogen (secondary N) is 1. The second-order valence-corrected chi connectivity index (χ2v) is 4.27. The van der Waals surface area contributed by atoms with Crippen molar-refractivity contribution in [3.63, 3.8) is 0 Å². The van der Waals surface area contributed by atoms with E-state index in [0.717, 1.165) is 6.42 Å².